The van der Waals surface area contributed by atoms with Gasteiger partial charge in [-0.05, 0) is 18.2 Å². The molecule has 0 aliphatic rings. The molecule has 0 fully saturated rings. The Balaban J connectivity index is 2.19. The van der Waals surface area contributed by atoms with Crippen molar-refractivity contribution >= 4 is 21.4 Å². The molecule has 1 aromatic rings. The van der Waals surface area contributed by atoms with Crippen LogP contribution in [0.25, 0.3) is 0 Å². The number of nitrogens with one attached hydrogen (secondary N) is 1. The van der Waals surface area contributed by atoms with E-state index in [1.54, 1.807) is 31.2 Å². The van der Waals surface area contributed by atoms with Crippen LogP contribution in [0.3, 0.4) is 0 Å². The molecule has 7 heteroatoms. The third-order valence-corrected chi connectivity index (χ3v) is 4.59. The molecule has 0 heterocycles. The molecule has 0 amide bonds. The van der Waals surface area contributed by atoms with Crippen LogP contribution in [0.2, 0.25) is 5.02 Å². The molecule has 20 heavy (non-hydrogen) atoms. The molecule has 0 saturated carbocycles. The monoisotopic (exact) mass is 321 g/mol. The van der Waals surface area contributed by atoms with E-state index >= 15 is 0 Å². The van der Waals surface area contributed by atoms with Crippen LogP contribution in [-0.4, -0.2) is 50.8 Å². The van der Waals surface area contributed by atoms with E-state index < -0.39 is 15.9 Å². The average Bonchev–Trinajstić information content (AvgIpc) is 2.41. The first-order chi connectivity index (χ1) is 9.43. The Morgan fingerprint density at radius 1 is 1.45 bits per heavy atom. The fourth-order valence-corrected chi connectivity index (χ4v) is 2.37. The lowest BCUT2D eigenvalue weighted by atomic mass is 10.3. The minimum Gasteiger partial charge on any atom is -0.491 e. The van der Waals surface area contributed by atoms with Crippen LogP contribution in [0.5, 0.6) is 5.75 Å². The molecule has 0 aliphatic heterocycles. The molecule has 1 unspecified atom stereocenters. The first-order valence-electron chi connectivity index (χ1n) is 6.40. The summed E-state index contributed by atoms with van der Waals surface area (Å²) in [6, 6.07) is 6.91. The summed E-state index contributed by atoms with van der Waals surface area (Å²) < 4.78 is 27.9. The highest BCUT2D eigenvalue weighted by Gasteiger charge is 2.08. The van der Waals surface area contributed by atoms with Gasteiger partial charge < -0.3 is 15.2 Å². The van der Waals surface area contributed by atoms with Gasteiger partial charge in [0.15, 0.2) is 9.84 Å². The van der Waals surface area contributed by atoms with E-state index in [4.69, 9.17) is 16.3 Å². The summed E-state index contributed by atoms with van der Waals surface area (Å²) in [6.45, 7) is 2.33. The van der Waals surface area contributed by atoms with Gasteiger partial charge in [0.2, 0.25) is 0 Å². The molecule has 114 valence electrons. The van der Waals surface area contributed by atoms with Gasteiger partial charge in [-0.2, -0.15) is 0 Å². The summed E-state index contributed by atoms with van der Waals surface area (Å²) in [7, 11) is -2.97. The van der Waals surface area contributed by atoms with E-state index in [-0.39, 0.29) is 24.7 Å². The van der Waals surface area contributed by atoms with Gasteiger partial charge in [0, 0.05) is 23.9 Å². The topological polar surface area (TPSA) is 75.6 Å². The van der Waals surface area contributed by atoms with Gasteiger partial charge in [0.05, 0.1) is 5.75 Å². The Morgan fingerprint density at radius 3 is 2.85 bits per heavy atom. The smallest absolute Gasteiger partial charge is 0.151 e. The molecule has 5 nitrogen and oxygen atoms in total. The quantitative estimate of drug-likeness (QED) is 0.666. The first-order valence-corrected chi connectivity index (χ1v) is 8.60. The van der Waals surface area contributed by atoms with Crippen molar-refractivity contribution in [1.29, 1.82) is 0 Å². The maximum absolute atomic E-state index is 11.2. The van der Waals surface area contributed by atoms with E-state index in [9.17, 15) is 13.5 Å². The van der Waals surface area contributed by atoms with E-state index in [0.717, 1.165) is 0 Å². The van der Waals surface area contributed by atoms with E-state index in [1.165, 1.54) is 0 Å². The maximum atomic E-state index is 11.2. The number of hydrogen-bond donors (Lipinski definition) is 2. The predicted octanol–water partition coefficient (Wildman–Crippen LogP) is 1.10. The zero-order chi connectivity index (χ0) is 15.0. The molecule has 0 bridgehead atoms. The van der Waals surface area contributed by atoms with Crippen molar-refractivity contribution in [3.63, 3.8) is 0 Å². The fraction of sp³-hybridized carbons (Fsp3) is 0.538. The van der Waals surface area contributed by atoms with Gasteiger partial charge >= 0.3 is 0 Å². The lowest BCUT2D eigenvalue weighted by Crippen LogP contribution is -2.34. The highest BCUT2D eigenvalue weighted by atomic mass is 35.5. The third kappa shape index (κ3) is 7.09. The second kappa shape index (κ2) is 8.46. The summed E-state index contributed by atoms with van der Waals surface area (Å²) in [6.07, 6.45) is -0.710. The van der Waals surface area contributed by atoms with E-state index in [2.05, 4.69) is 5.32 Å². The largest absolute Gasteiger partial charge is 0.491 e. The van der Waals surface area contributed by atoms with Crippen LogP contribution >= 0.6 is 11.6 Å². The van der Waals surface area contributed by atoms with Crippen molar-refractivity contribution in [2.45, 2.75) is 13.0 Å². The summed E-state index contributed by atoms with van der Waals surface area (Å²) in [5.74, 6) is 0.797. The molecule has 0 aromatic heterocycles. The number of aliphatic hydroxyl groups is 1. The summed E-state index contributed by atoms with van der Waals surface area (Å²) in [4.78, 5) is 0. The van der Waals surface area contributed by atoms with Crippen molar-refractivity contribution in [3.05, 3.63) is 29.3 Å². The van der Waals surface area contributed by atoms with Gasteiger partial charge in [0.1, 0.15) is 18.5 Å². The molecule has 1 aromatic carbocycles. The molecule has 2 N–H and O–H groups in total. The average molecular weight is 322 g/mol. The summed E-state index contributed by atoms with van der Waals surface area (Å²) in [5, 5.41) is 13.2. The Bertz CT molecular complexity index is 507. The van der Waals surface area contributed by atoms with Gasteiger partial charge in [-0.1, -0.05) is 24.6 Å². The SMILES string of the molecule is CCS(=O)(=O)CCNCC(O)COc1cccc(Cl)c1. The summed E-state index contributed by atoms with van der Waals surface area (Å²) in [5.41, 5.74) is 0. The number of rotatable bonds is 9. The number of halogens is 1. The normalized spacial score (nSPS) is 13.2. The van der Waals surface area contributed by atoms with Crippen molar-refractivity contribution < 1.29 is 18.3 Å². The van der Waals surface area contributed by atoms with Gasteiger partial charge in [-0.25, -0.2) is 8.42 Å². The molecule has 1 rings (SSSR count). The Kier molecular flexibility index (Phi) is 7.29. The van der Waals surface area contributed by atoms with Crippen LogP contribution in [0, 0.1) is 0 Å². The van der Waals surface area contributed by atoms with E-state index in [1.807, 2.05) is 0 Å². The number of hydrogen-bond acceptors (Lipinski definition) is 5. The fourth-order valence-electron chi connectivity index (χ4n) is 1.45. The Morgan fingerprint density at radius 2 is 2.20 bits per heavy atom. The number of ether oxygens (including phenoxy) is 1. The number of sulfone groups is 1. The highest BCUT2D eigenvalue weighted by molar-refractivity contribution is 7.91. The van der Waals surface area contributed by atoms with Crippen LogP contribution < -0.4 is 10.1 Å². The van der Waals surface area contributed by atoms with Gasteiger partial charge in [-0.3, -0.25) is 0 Å². The minimum atomic E-state index is -2.97. The van der Waals surface area contributed by atoms with Crippen molar-refractivity contribution in [3.8, 4) is 5.75 Å². The van der Waals surface area contributed by atoms with Crippen molar-refractivity contribution in [1.82, 2.24) is 5.32 Å². The minimum absolute atomic E-state index is 0.0748. The first kappa shape index (κ1) is 17.2. The van der Waals surface area contributed by atoms with Crippen LogP contribution in [0.4, 0.5) is 0 Å². The maximum Gasteiger partial charge on any atom is 0.151 e. The Hall–Kier alpha value is -0.820. The molecule has 0 radical (unpaired) electrons. The second-order valence-electron chi connectivity index (χ2n) is 4.36. The zero-order valence-electron chi connectivity index (χ0n) is 11.4. The van der Waals surface area contributed by atoms with Crippen molar-refractivity contribution in [2.75, 3.05) is 31.2 Å². The molecule has 0 spiro atoms. The second-order valence-corrected chi connectivity index (χ2v) is 7.27. The third-order valence-electron chi connectivity index (χ3n) is 2.65. The Labute approximate surface area is 124 Å². The molecule has 0 aliphatic carbocycles. The van der Waals surface area contributed by atoms with Gasteiger partial charge in [0.25, 0.3) is 0 Å². The summed E-state index contributed by atoms with van der Waals surface area (Å²) >= 11 is 5.81. The zero-order valence-corrected chi connectivity index (χ0v) is 13.0. The van der Waals surface area contributed by atoms with Gasteiger partial charge in [-0.15, -0.1) is 0 Å². The molecule has 1 atom stereocenters. The van der Waals surface area contributed by atoms with Crippen LogP contribution in [-0.2, 0) is 9.84 Å². The van der Waals surface area contributed by atoms with Crippen LogP contribution in [0.15, 0.2) is 24.3 Å². The molecular weight excluding hydrogens is 302 g/mol. The van der Waals surface area contributed by atoms with E-state index in [0.29, 0.717) is 17.3 Å². The lowest BCUT2D eigenvalue weighted by Gasteiger charge is -2.13. The standard InChI is InChI=1S/C13H20ClNO4S/c1-2-20(17,18)7-6-15-9-12(16)10-19-13-5-3-4-11(14)8-13/h3-5,8,12,15-16H,2,6-7,9-10H2,1H3. The number of benzene rings is 1. The van der Waals surface area contributed by atoms with Crippen LogP contribution in [0.1, 0.15) is 6.92 Å². The number of aliphatic hydroxyl groups excluding tert-OH is 1. The molecule has 0 saturated heterocycles. The van der Waals surface area contributed by atoms with Crippen molar-refractivity contribution in [2.24, 2.45) is 0 Å². The lowest BCUT2D eigenvalue weighted by molar-refractivity contribution is 0.107. The highest BCUT2D eigenvalue weighted by Crippen LogP contribution is 2.17. The predicted molar refractivity (Wildman–Crippen MR) is 80.2 cm³/mol. The molecular formula is C13H20ClNO4S.